The van der Waals surface area contributed by atoms with Crippen molar-refractivity contribution in [2.45, 2.75) is 23.3 Å². The second-order valence-corrected chi connectivity index (χ2v) is 6.81. The number of ether oxygens (including phenoxy) is 1. The van der Waals surface area contributed by atoms with Gasteiger partial charge in [0.05, 0.1) is 5.56 Å². The molecule has 0 aliphatic rings. The molecule has 0 radical (unpaired) electrons. The number of benzene rings is 3. The van der Waals surface area contributed by atoms with Crippen molar-refractivity contribution in [2.75, 3.05) is 7.05 Å². The summed E-state index contributed by atoms with van der Waals surface area (Å²) in [5.41, 5.74) is 1.58. The number of hydrogen-bond donors (Lipinski definition) is 1. The largest absolute Gasteiger partial charge is 0.461 e. The Labute approximate surface area is 156 Å². The SMILES string of the molecule is CNC(=O)c1ccccc1Sc1cccc2cccc(COC(C)=O)c12. The van der Waals surface area contributed by atoms with Crippen LogP contribution < -0.4 is 5.32 Å². The lowest BCUT2D eigenvalue weighted by Gasteiger charge is -2.13. The molecule has 0 spiro atoms. The fourth-order valence-electron chi connectivity index (χ4n) is 2.76. The summed E-state index contributed by atoms with van der Waals surface area (Å²) in [6.45, 7) is 1.63. The van der Waals surface area contributed by atoms with E-state index in [1.54, 1.807) is 7.05 Å². The van der Waals surface area contributed by atoms with Gasteiger partial charge in [0.15, 0.2) is 0 Å². The first-order valence-corrected chi connectivity index (χ1v) is 9.04. The zero-order valence-corrected chi connectivity index (χ0v) is 15.4. The minimum absolute atomic E-state index is 0.117. The minimum atomic E-state index is -0.308. The van der Waals surface area contributed by atoms with E-state index < -0.39 is 0 Å². The fraction of sp³-hybridized carbons (Fsp3) is 0.143. The summed E-state index contributed by atoms with van der Waals surface area (Å²) in [5, 5.41) is 4.78. The van der Waals surface area contributed by atoms with Crippen molar-refractivity contribution in [1.82, 2.24) is 5.32 Å². The maximum absolute atomic E-state index is 12.2. The molecule has 1 N–H and O–H groups in total. The Morgan fingerprint density at radius 1 is 0.962 bits per heavy atom. The molecule has 1 amide bonds. The number of carbonyl (C=O) groups is 2. The normalized spacial score (nSPS) is 10.5. The van der Waals surface area contributed by atoms with Crippen LogP contribution in [-0.4, -0.2) is 18.9 Å². The van der Waals surface area contributed by atoms with Gasteiger partial charge in [0.1, 0.15) is 6.61 Å². The molecule has 0 bridgehead atoms. The predicted molar refractivity (Wildman–Crippen MR) is 103 cm³/mol. The molecule has 0 saturated carbocycles. The smallest absolute Gasteiger partial charge is 0.302 e. The van der Waals surface area contributed by atoms with E-state index in [0.29, 0.717) is 5.56 Å². The molecule has 0 heterocycles. The van der Waals surface area contributed by atoms with Crippen LogP contribution in [0.1, 0.15) is 22.8 Å². The van der Waals surface area contributed by atoms with Gasteiger partial charge in [-0.3, -0.25) is 9.59 Å². The van der Waals surface area contributed by atoms with Crippen LogP contribution in [0.2, 0.25) is 0 Å². The van der Waals surface area contributed by atoms with E-state index in [-0.39, 0.29) is 18.5 Å². The van der Waals surface area contributed by atoms with E-state index in [1.807, 2.05) is 60.7 Å². The van der Waals surface area contributed by atoms with Gasteiger partial charge in [0.25, 0.3) is 5.91 Å². The quantitative estimate of drug-likeness (QED) is 0.680. The van der Waals surface area contributed by atoms with Gasteiger partial charge >= 0.3 is 5.97 Å². The van der Waals surface area contributed by atoms with Gasteiger partial charge in [0.2, 0.25) is 0 Å². The Morgan fingerprint density at radius 2 is 1.65 bits per heavy atom. The first-order valence-electron chi connectivity index (χ1n) is 8.23. The monoisotopic (exact) mass is 365 g/mol. The highest BCUT2D eigenvalue weighted by Gasteiger charge is 2.13. The summed E-state index contributed by atoms with van der Waals surface area (Å²) >= 11 is 1.53. The first kappa shape index (κ1) is 18.0. The van der Waals surface area contributed by atoms with Gasteiger partial charge in [-0.25, -0.2) is 0 Å². The molecular formula is C21H19NO3S. The molecule has 3 aromatic carbocycles. The van der Waals surface area contributed by atoms with Gasteiger partial charge < -0.3 is 10.1 Å². The summed E-state index contributed by atoms with van der Waals surface area (Å²) < 4.78 is 5.21. The highest BCUT2D eigenvalue weighted by atomic mass is 32.2. The number of esters is 1. The molecule has 4 nitrogen and oxygen atoms in total. The highest BCUT2D eigenvalue weighted by Crippen LogP contribution is 2.37. The van der Waals surface area contributed by atoms with E-state index in [0.717, 1.165) is 26.1 Å². The summed E-state index contributed by atoms with van der Waals surface area (Å²) in [6, 6.07) is 19.5. The number of rotatable bonds is 5. The van der Waals surface area contributed by atoms with Crippen molar-refractivity contribution in [3.8, 4) is 0 Å². The van der Waals surface area contributed by atoms with Gasteiger partial charge in [0, 0.05) is 29.1 Å². The molecule has 0 fully saturated rings. The van der Waals surface area contributed by atoms with Crippen LogP contribution in [0, 0.1) is 0 Å². The molecule has 3 aromatic rings. The van der Waals surface area contributed by atoms with Crippen LogP contribution in [0.3, 0.4) is 0 Å². The number of nitrogens with one attached hydrogen (secondary N) is 1. The molecule has 0 aliphatic carbocycles. The Balaban J connectivity index is 2.06. The van der Waals surface area contributed by atoms with E-state index >= 15 is 0 Å². The third-order valence-corrected chi connectivity index (χ3v) is 5.10. The van der Waals surface area contributed by atoms with Crippen LogP contribution in [0.4, 0.5) is 0 Å². The lowest BCUT2D eigenvalue weighted by molar-refractivity contribution is -0.142. The van der Waals surface area contributed by atoms with Gasteiger partial charge in [-0.1, -0.05) is 54.2 Å². The van der Waals surface area contributed by atoms with E-state index in [1.165, 1.54) is 18.7 Å². The van der Waals surface area contributed by atoms with Crippen LogP contribution in [0.5, 0.6) is 0 Å². The van der Waals surface area contributed by atoms with E-state index in [4.69, 9.17) is 4.74 Å². The number of fused-ring (bicyclic) bond motifs is 1. The summed E-state index contributed by atoms with van der Waals surface area (Å²) in [6.07, 6.45) is 0. The average Bonchev–Trinajstić information content (AvgIpc) is 2.66. The maximum atomic E-state index is 12.2. The van der Waals surface area contributed by atoms with Crippen molar-refractivity contribution in [2.24, 2.45) is 0 Å². The second-order valence-electron chi connectivity index (χ2n) is 5.73. The molecule has 0 aromatic heterocycles. The average molecular weight is 365 g/mol. The highest BCUT2D eigenvalue weighted by molar-refractivity contribution is 7.99. The van der Waals surface area contributed by atoms with Crippen molar-refractivity contribution in [3.63, 3.8) is 0 Å². The number of amides is 1. The van der Waals surface area contributed by atoms with Crippen LogP contribution in [0.15, 0.2) is 70.5 Å². The second kappa shape index (κ2) is 8.06. The Bertz CT molecular complexity index is 963. The molecule has 132 valence electrons. The summed E-state index contributed by atoms with van der Waals surface area (Å²) in [4.78, 5) is 25.3. The fourth-order valence-corrected chi connectivity index (χ4v) is 3.91. The topological polar surface area (TPSA) is 55.4 Å². The first-order chi connectivity index (χ1) is 12.6. The van der Waals surface area contributed by atoms with E-state index in [9.17, 15) is 9.59 Å². The molecule has 0 aliphatic heterocycles. The van der Waals surface area contributed by atoms with Gasteiger partial charge in [-0.15, -0.1) is 0 Å². The number of carbonyl (C=O) groups excluding carboxylic acids is 2. The lowest BCUT2D eigenvalue weighted by atomic mass is 10.1. The van der Waals surface area contributed by atoms with Gasteiger partial charge in [-0.05, 0) is 29.1 Å². The van der Waals surface area contributed by atoms with Crippen LogP contribution in [0.25, 0.3) is 10.8 Å². The zero-order valence-electron chi connectivity index (χ0n) is 14.6. The van der Waals surface area contributed by atoms with Crippen LogP contribution >= 0.6 is 11.8 Å². The lowest BCUT2D eigenvalue weighted by Crippen LogP contribution is -2.18. The van der Waals surface area contributed by atoms with Crippen molar-refractivity contribution in [3.05, 3.63) is 71.8 Å². The molecule has 5 heteroatoms. The van der Waals surface area contributed by atoms with Crippen molar-refractivity contribution >= 4 is 34.4 Å². The van der Waals surface area contributed by atoms with Crippen molar-refractivity contribution in [1.29, 1.82) is 0 Å². The standard InChI is InChI=1S/C21H19NO3S/c1-14(23)25-13-16-9-5-7-15-8-6-12-19(20(15)16)26-18-11-4-3-10-17(18)21(24)22-2/h3-12H,13H2,1-2H3,(H,22,24). The molecule has 26 heavy (non-hydrogen) atoms. The minimum Gasteiger partial charge on any atom is -0.461 e. The molecular weight excluding hydrogens is 346 g/mol. The predicted octanol–water partition coefficient (Wildman–Crippen LogP) is 4.41. The summed E-state index contributed by atoms with van der Waals surface area (Å²) in [5.74, 6) is -0.425. The van der Waals surface area contributed by atoms with Crippen LogP contribution in [-0.2, 0) is 16.1 Å². The summed E-state index contributed by atoms with van der Waals surface area (Å²) in [7, 11) is 1.62. The Hall–Kier alpha value is -2.79. The van der Waals surface area contributed by atoms with Crippen molar-refractivity contribution < 1.29 is 14.3 Å². The van der Waals surface area contributed by atoms with Gasteiger partial charge in [-0.2, -0.15) is 0 Å². The zero-order chi connectivity index (χ0) is 18.5. The molecule has 3 rings (SSSR count). The third kappa shape index (κ3) is 3.89. The maximum Gasteiger partial charge on any atom is 0.302 e. The Kier molecular flexibility index (Phi) is 5.58. The molecule has 0 atom stereocenters. The third-order valence-electron chi connectivity index (χ3n) is 3.96. The molecule has 0 unspecified atom stereocenters. The Morgan fingerprint density at radius 3 is 2.38 bits per heavy atom. The van der Waals surface area contributed by atoms with E-state index in [2.05, 4.69) is 5.32 Å². The molecule has 0 saturated heterocycles. The number of hydrogen-bond acceptors (Lipinski definition) is 4.